The number of alkyl carbamates (subject to hydrolysis) is 1. The van der Waals surface area contributed by atoms with Gasteiger partial charge >= 0.3 is 6.09 Å². The quantitative estimate of drug-likeness (QED) is 0.580. The molecule has 0 aromatic heterocycles. The number of aliphatic hydroxyl groups excluding tert-OH is 1. The maximum absolute atomic E-state index is 11.9. The van der Waals surface area contributed by atoms with Crippen molar-refractivity contribution in [1.29, 1.82) is 0 Å². The van der Waals surface area contributed by atoms with Crippen LogP contribution in [0.25, 0.3) is 0 Å². The fourth-order valence-electron chi connectivity index (χ4n) is 1.45. The number of hydrogen-bond donors (Lipinski definition) is 2. The predicted molar refractivity (Wildman–Crippen MR) is 83.2 cm³/mol. The van der Waals surface area contributed by atoms with Gasteiger partial charge in [0.15, 0.2) is 0 Å². The molecule has 0 rings (SSSR count). The molecule has 9 heteroatoms. The molecule has 0 radical (unpaired) electrons. The van der Waals surface area contributed by atoms with Crippen molar-refractivity contribution in [3.05, 3.63) is 0 Å². The van der Waals surface area contributed by atoms with E-state index in [0.717, 1.165) is 4.31 Å². The molecular weight excluding hydrogens is 312 g/mol. The summed E-state index contributed by atoms with van der Waals surface area (Å²) in [6.45, 7) is 7.29. The number of aliphatic hydroxyl groups is 1. The SMILES string of the molecule is CCOCCS(=O)(=O)N(C)CC(O)CNC(=O)OC(C)(C)C. The summed E-state index contributed by atoms with van der Waals surface area (Å²) in [6.07, 6.45) is -1.69. The Bertz CT molecular complexity index is 432. The van der Waals surface area contributed by atoms with Crippen molar-refractivity contribution < 1.29 is 27.8 Å². The molecule has 0 bridgehead atoms. The lowest BCUT2D eigenvalue weighted by Gasteiger charge is -2.22. The predicted octanol–water partition coefficient (Wildman–Crippen LogP) is 0.170. The Labute approximate surface area is 132 Å². The molecule has 0 aliphatic rings. The number of rotatable bonds is 9. The van der Waals surface area contributed by atoms with Gasteiger partial charge in [0.2, 0.25) is 10.0 Å². The number of hydrogen-bond acceptors (Lipinski definition) is 6. The molecule has 0 aromatic rings. The van der Waals surface area contributed by atoms with Crippen LogP contribution in [0.15, 0.2) is 0 Å². The van der Waals surface area contributed by atoms with E-state index in [1.54, 1.807) is 27.7 Å². The van der Waals surface area contributed by atoms with Crippen LogP contribution in [0.2, 0.25) is 0 Å². The van der Waals surface area contributed by atoms with Crippen molar-refractivity contribution in [3.8, 4) is 0 Å². The van der Waals surface area contributed by atoms with Gasteiger partial charge in [-0.15, -0.1) is 0 Å². The molecule has 0 heterocycles. The van der Waals surface area contributed by atoms with E-state index in [-0.39, 0.29) is 25.4 Å². The lowest BCUT2D eigenvalue weighted by Crippen LogP contribution is -2.43. The van der Waals surface area contributed by atoms with Crippen LogP contribution in [0.5, 0.6) is 0 Å². The molecule has 0 saturated heterocycles. The second-order valence-electron chi connectivity index (χ2n) is 5.83. The molecule has 0 saturated carbocycles. The van der Waals surface area contributed by atoms with Crippen molar-refractivity contribution in [1.82, 2.24) is 9.62 Å². The summed E-state index contributed by atoms with van der Waals surface area (Å²) >= 11 is 0. The van der Waals surface area contributed by atoms with E-state index < -0.39 is 27.8 Å². The Morgan fingerprint density at radius 2 is 1.95 bits per heavy atom. The average molecular weight is 340 g/mol. The van der Waals surface area contributed by atoms with Crippen LogP contribution in [0, 0.1) is 0 Å². The summed E-state index contributed by atoms with van der Waals surface area (Å²) in [5.41, 5.74) is -0.631. The minimum atomic E-state index is -3.49. The van der Waals surface area contributed by atoms with Crippen LogP contribution in [-0.2, 0) is 19.5 Å². The highest BCUT2D eigenvalue weighted by atomic mass is 32.2. The van der Waals surface area contributed by atoms with E-state index in [4.69, 9.17) is 9.47 Å². The van der Waals surface area contributed by atoms with Crippen molar-refractivity contribution in [2.24, 2.45) is 0 Å². The zero-order valence-corrected chi connectivity index (χ0v) is 14.8. The van der Waals surface area contributed by atoms with Gasteiger partial charge in [-0.2, -0.15) is 0 Å². The van der Waals surface area contributed by atoms with Crippen LogP contribution >= 0.6 is 0 Å². The first-order chi connectivity index (χ1) is 9.98. The lowest BCUT2D eigenvalue weighted by atomic mass is 10.2. The minimum Gasteiger partial charge on any atom is -0.444 e. The van der Waals surface area contributed by atoms with E-state index >= 15 is 0 Å². The zero-order chi connectivity index (χ0) is 17.4. The second kappa shape index (κ2) is 9.29. The first kappa shape index (κ1) is 21.1. The third-order valence-corrected chi connectivity index (χ3v) is 4.29. The van der Waals surface area contributed by atoms with Crippen LogP contribution in [-0.4, -0.2) is 74.7 Å². The zero-order valence-electron chi connectivity index (χ0n) is 14.0. The lowest BCUT2D eigenvalue weighted by molar-refractivity contribution is 0.0486. The third kappa shape index (κ3) is 9.93. The monoisotopic (exact) mass is 340 g/mol. The fourth-order valence-corrected chi connectivity index (χ4v) is 2.49. The number of sulfonamides is 1. The molecule has 8 nitrogen and oxygen atoms in total. The van der Waals surface area contributed by atoms with Crippen LogP contribution < -0.4 is 5.32 Å². The van der Waals surface area contributed by atoms with Gasteiger partial charge in [0, 0.05) is 26.7 Å². The van der Waals surface area contributed by atoms with Gasteiger partial charge < -0.3 is 19.9 Å². The number of carbonyl (C=O) groups excluding carboxylic acids is 1. The van der Waals surface area contributed by atoms with Gasteiger partial charge in [0.25, 0.3) is 0 Å². The number of nitrogens with one attached hydrogen (secondary N) is 1. The normalized spacial score (nSPS) is 14.0. The number of carbonyl (C=O) groups is 1. The second-order valence-corrected chi connectivity index (χ2v) is 8.03. The van der Waals surface area contributed by atoms with Gasteiger partial charge in [-0.1, -0.05) is 0 Å². The molecule has 0 spiro atoms. The molecule has 132 valence electrons. The first-order valence-corrected chi connectivity index (χ1v) is 8.75. The van der Waals surface area contributed by atoms with Gasteiger partial charge in [0.1, 0.15) is 5.60 Å². The van der Waals surface area contributed by atoms with Crippen LogP contribution in [0.3, 0.4) is 0 Å². The Morgan fingerprint density at radius 3 is 2.45 bits per heavy atom. The highest BCUT2D eigenvalue weighted by Gasteiger charge is 2.22. The summed E-state index contributed by atoms with van der Waals surface area (Å²) < 4.78 is 34.9. The Balaban J connectivity index is 4.19. The Kier molecular flexibility index (Phi) is 8.91. The van der Waals surface area contributed by atoms with E-state index in [2.05, 4.69) is 5.32 Å². The van der Waals surface area contributed by atoms with Crippen LogP contribution in [0.4, 0.5) is 4.79 Å². The molecule has 0 fully saturated rings. The first-order valence-electron chi connectivity index (χ1n) is 7.14. The molecule has 0 aliphatic carbocycles. The number of amides is 1. The van der Waals surface area contributed by atoms with E-state index in [9.17, 15) is 18.3 Å². The van der Waals surface area contributed by atoms with Crippen molar-refractivity contribution in [2.45, 2.75) is 39.4 Å². The highest BCUT2D eigenvalue weighted by molar-refractivity contribution is 7.89. The van der Waals surface area contributed by atoms with Gasteiger partial charge in [-0.3, -0.25) is 0 Å². The highest BCUT2D eigenvalue weighted by Crippen LogP contribution is 2.06. The topological polar surface area (TPSA) is 105 Å². The number of ether oxygens (including phenoxy) is 2. The summed E-state index contributed by atoms with van der Waals surface area (Å²) in [5, 5.41) is 12.2. The van der Waals surface area contributed by atoms with Crippen LogP contribution in [0.1, 0.15) is 27.7 Å². The van der Waals surface area contributed by atoms with Crippen molar-refractivity contribution in [3.63, 3.8) is 0 Å². The maximum Gasteiger partial charge on any atom is 0.407 e. The molecule has 1 amide bonds. The molecule has 0 aliphatic heterocycles. The Hall–Kier alpha value is -0.900. The molecule has 2 N–H and O–H groups in total. The number of likely N-dealkylation sites (N-methyl/N-ethyl adjacent to an activating group) is 1. The standard InChI is InChI=1S/C13H28N2O6S/c1-6-20-7-8-22(18,19)15(5)10-11(16)9-14-12(17)21-13(2,3)4/h11,16H,6-10H2,1-5H3,(H,14,17). The average Bonchev–Trinajstić information content (AvgIpc) is 2.34. The summed E-state index contributed by atoms with van der Waals surface area (Å²) in [6, 6.07) is 0. The van der Waals surface area contributed by atoms with E-state index in [1.807, 2.05) is 0 Å². The van der Waals surface area contributed by atoms with Crippen molar-refractivity contribution >= 4 is 16.1 Å². The molecule has 1 unspecified atom stereocenters. The summed E-state index contributed by atoms with van der Waals surface area (Å²) in [7, 11) is -2.12. The van der Waals surface area contributed by atoms with Gasteiger partial charge in [-0.05, 0) is 27.7 Å². The van der Waals surface area contributed by atoms with Crippen molar-refractivity contribution in [2.75, 3.05) is 39.1 Å². The largest absolute Gasteiger partial charge is 0.444 e. The minimum absolute atomic E-state index is 0.0970. The molecule has 22 heavy (non-hydrogen) atoms. The number of nitrogens with zero attached hydrogens (tertiary/aromatic N) is 1. The maximum atomic E-state index is 11.9. The molecule has 0 aromatic carbocycles. The fraction of sp³-hybridized carbons (Fsp3) is 0.923. The van der Waals surface area contributed by atoms with Gasteiger partial charge in [0.05, 0.1) is 18.5 Å². The Morgan fingerprint density at radius 1 is 1.36 bits per heavy atom. The van der Waals surface area contributed by atoms with E-state index in [0.29, 0.717) is 6.61 Å². The third-order valence-electron chi connectivity index (χ3n) is 2.51. The summed E-state index contributed by atoms with van der Waals surface area (Å²) in [4.78, 5) is 11.4. The molecule has 1 atom stereocenters. The summed E-state index contributed by atoms with van der Waals surface area (Å²) in [5.74, 6) is -0.149. The molecular formula is C13H28N2O6S. The van der Waals surface area contributed by atoms with E-state index in [1.165, 1.54) is 7.05 Å². The van der Waals surface area contributed by atoms with Gasteiger partial charge in [-0.25, -0.2) is 17.5 Å². The smallest absolute Gasteiger partial charge is 0.407 e.